The highest BCUT2D eigenvalue weighted by Crippen LogP contribution is 2.28. The average molecular weight is 426 g/mol. The largest absolute Gasteiger partial charge is 0.339 e. The second-order valence-corrected chi connectivity index (χ2v) is 10.3. The van der Waals surface area contributed by atoms with Crippen LogP contribution >= 0.6 is 0 Å². The number of benzene rings is 2. The van der Waals surface area contributed by atoms with Crippen LogP contribution in [0.5, 0.6) is 0 Å². The van der Waals surface area contributed by atoms with E-state index in [9.17, 15) is 22.8 Å². The van der Waals surface area contributed by atoms with Crippen molar-refractivity contribution in [3.05, 3.63) is 70.3 Å². The first kappa shape index (κ1) is 20.5. The van der Waals surface area contributed by atoms with E-state index in [-0.39, 0.29) is 28.8 Å². The van der Waals surface area contributed by atoms with Crippen molar-refractivity contribution in [3.63, 3.8) is 0 Å². The summed E-state index contributed by atoms with van der Waals surface area (Å²) in [6, 6.07) is 11.3. The lowest BCUT2D eigenvalue weighted by atomic mass is 9.83. The van der Waals surface area contributed by atoms with Crippen LogP contribution in [0, 0.1) is 0 Å². The molecule has 4 rings (SSSR count). The molecule has 6 nitrogen and oxygen atoms in total. The van der Waals surface area contributed by atoms with Crippen LogP contribution in [0.3, 0.4) is 0 Å². The van der Waals surface area contributed by atoms with Crippen LogP contribution in [-0.2, 0) is 9.84 Å². The minimum atomic E-state index is -3.13. The summed E-state index contributed by atoms with van der Waals surface area (Å²) in [4.78, 5) is 40.4. The minimum Gasteiger partial charge on any atom is -0.339 e. The van der Waals surface area contributed by atoms with Crippen LogP contribution in [0.25, 0.3) is 0 Å². The van der Waals surface area contributed by atoms with Gasteiger partial charge in [-0.3, -0.25) is 14.4 Å². The molecule has 0 saturated carbocycles. The molecule has 156 valence electrons. The van der Waals surface area contributed by atoms with E-state index in [0.29, 0.717) is 54.6 Å². The summed E-state index contributed by atoms with van der Waals surface area (Å²) >= 11 is 0. The first-order valence-electron chi connectivity index (χ1n) is 10.2. The molecule has 2 aromatic carbocycles. The monoisotopic (exact) mass is 425 g/mol. The van der Waals surface area contributed by atoms with E-state index in [1.165, 1.54) is 6.07 Å². The average Bonchev–Trinajstić information content (AvgIpc) is 3.03. The molecular formula is C23H23NO5S. The number of hydrogen-bond acceptors (Lipinski definition) is 5. The van der Waals surface area contributed by atoms with Gasteiger partial charge in [0.1, 0.15) is 0 Å². The summed E-state index contributed by atoms with van der Waals surface area (Å²) in [5.41, 5.74) is 1.61. The fourth-order valence-corrected chi connectivity index (χ4v) is 5.74. The lowest BCUT2D eigenvalue weighted by molar-refractivity contribution is 0.0761. The quantitative estimate of drug-likeness (QED) is 0.644. The highest BCUT2D eigenvalue weighted by Gasteiger charge is 2.32. The number of ketones is 2. The Bertz CT molecular complexity index is 1150. The van der Waals surface area contributed by atoms with Crippen molar-refractivity contribution in [1.82, 2.24) is 4.90 Å². The van der Waals surface area contributed by atoms with Gasteiger partial charge in [0.2, 0.25) is 0 Å². The lowest BCUT2D eigenvalue weighted by Crippen LogP contribution is -2.33. The smallest absolute Gasteiger partial charge is 0.253 e. The van der Waals surface area contributed by atoms with E-state index in [1.54, 1.807) is 48.2 Å². The molecule has 1 heterocycles. The molecule has 0 bridgehead atoms. The first-order valence-corrected chi connectivity index (χ1v) is 11.9. The van der Waals surface area contributed by atoms with Gasteiger partial charge >= 0.3 is 0 Å². The predicted octanol–water partition coefficient (Wildman–Crippen LogP) is 2.89. The minimum absolute atomic E-state index is 0.105. The van der Waals surface area contributed by atoms with Crippen molar-refractivity contribution in [2.45, 2.75) is 31.4 Å². The number of carbonyl (C=O) groups excluding carboxylic acids is 3. The van der Waals surface area contributed by atoms with Crippen molar-refractivity contribution < 1.29 is 22.8 Å². The number of sulfone groups is 1. The molecule has 1 saturated heterocycles. The Balaban J connectivity index is 1.59. The standard InChI is InChI=1S/C23H23NO5S/c1-2-30(28,29)16-6-5-12-24(13-11-16)23(27)15-9-10-19-20(14-15)22(26)18-8-4-3-7-17(18)21(19)25/h3-4,7-10,14,16H,2,5-6,11-13H2,1H3. The molecule has 0 aromatic heterocycles. The molecule has 1 amide bonds. The molecular weight excluding hydrogens is 402 g/mol. The van der Waals surface area contributed by atoms with Crippen LogP contribution in [0.4, 0.5) is 0 Å². The molecule has 30 heavy (non-hydrogen) atoms. The lowest BCUT2D eigenvalue weighted by Gasteiger charge is -2.22. The van der Waals surface area contributed by atoms with Crippen molar-refractivity contribution in [2.24, 2.45) is 0 Å². The van der Waals surface area contributed by atoms with Gasteiger partial charge in [0.15, 0.2) is 21.4 Å². The highest BCUT2D eigenvalue weighted by atomic mass is 32.2. The second-order valence-electron chi connectivity index (χ2n) is 7.76. The van der Waals surface area contributed by atoms with E-state index in [0.717, 1.165) is 0 Å². The molecule has 1 unspecified atom stereocenters. The van der Waals surface area contributed by atoms with Gasteiger partial charge in [0, 0.05) is 46.7 Å². The Morgan fingerprint density at radius 3 is 2.23 bits per heavy atom. The third-order valence-electron chi connectivity index (χ3n) is 6.04. The van der Waals surface area contributed by atoms with Crippen LogP contribution in [0.2, 0.25) is 0 Å². The Kier molecular flexibility index (Phi) is 5.32. The van der Waals surface area contributed by atoms with Gasteiger partial charge in [-0.1, -0.05) is 31.2 Å². The fourth-order valence-electron chi connectivity index (χ4n) is 4.28. The van der Waals surface area contributed by atoms with Gasteiger partial charge < -0.3 is 4.90 Å². The zero-order chi connectivity index (χ0) is 21.5. The Labute approximate surface area is 175 Å². The van der Waals surface area contributed by atoms with Crippen LogP contribution in [0.15, 0.2) is 42.5 Å². The number of amides is 1. The normalized spacial score (nSPS) is 19.1. The predicted molar refractivity (Wildman–Crippen MR) is 113 cm³/mol. The third kappa shape index (κ3) is 3.47. The van der Waals surface area contributed by atoms with E-state index >= 15 is 0 Å². The van der Waals surface area contributed by atoms with E-state index in [1.807, 2.05) is 0 Å². The SMILES string of the molecule is CCS(=O)(=O)C1CCCN(C(=O)c2ccc3c(c2)C(=O)c2ccccc2C3=O)CC1. The van der Waals surface area contributed by atoms with E-state index < -0.39 is 15.1 Å². The summed E-state index contributed by atoms with van der Waals surface area (Å²) in [6.07, 6.45) is 1.58. The Morgan fingerprint density at radius 1 is 0.933 bits per heavy atom. The van der Waals surface area contributed by atoms with Crippen molar-refractivity contribution in [1.29, 1.82) is 0 Å². The zero-order valence-corrected chi connectivity index (χ0v) is 17.6. The molecule has 1 fully saturated rings. The first-order chi connectivity index (χ1) is 14.3. The van der Waals surface area contributed by atoms with Crippen LogP contribution in [0.1, 0.15) is 68.4 Å². The summed E-state index contributed by atoms with van der Waals surface area (Å²) in [5, 5.41) is -0.417. The van der Waals surface area contributed by atoms with Gasteiger partial charge in [-0.05, 0) is 37.5 Å². The number of nitrogens with zero attached hydrogens (tertiary/aromatic N) is 1. The van der Waals surface area contributed by atoms with E-state index in [4.69, 9.17) is 0 Å². The second kappa shape index (κ2) is 7.80. The Hall–Kier alpha value is -2.80. The van der Waals surface area contributed by atoms with Gasteiger partial charge in [0.05, 0.1) is 5.25 Å². The number of rotatable bonds is 3. The van der Waals surface area contributed by atoms with Crippen molar-refractivity contribution in [2.75, 3.05) is 18.8 Å². The summed E-state index contributed by atoms with van der Waals surface area (Å²) < 4.78 is 24.4. The number of likely N-dealkylation sites (tertiary alicyclic amines) is 1. The molecule has 7 heteroatoms. The van der Waals surface area contributed by atoms with Gasteiger partial charge in [-0.2, -0.15) is 0 Å². The number of carbonyl (C=O) groups is 3. The molecule has 1 aliphatic carbocycles. The summed E-state index contributed by atoms with van der Waals surface area (Å²) in [5.74, 6) is -0.624. The number of fused-ring (bicyclic) bond motifs is 2. The Morgan fingerprint density at radius 2 is 1.57 bits per heavy atom. The maximum atomic E-state index is 13.1. The topological polar surface area (TPSA) is 88.6 Å². The number of hydrogen-bond donors (Lipinski definition) is 0. The molecule has 2 aliphatic rings. The van der Waals surface area contributed by atoms with Crippen LogP contribution in [-0.4, -0.2) is 54.9 Å². The third-order valence-corrected chi connectivity index (χ3v) is 8.34. The molecule has 1 atom stereocenters. The summed E-state index contributed by atoms with van der Waals surface area (Å²) in [7, 11) is -3.13. The van der Waals surface area contributed by atoms with Gasteiger partial charge in [-0.15, -0.1) is 0 Å². The van der Waals surface area contributed by atoms with Crippen LogP contribution < -0.4 is 0 Å². The van der Waals surface area contributed by atoms with Gasteiger partial charge in [-0.25, -0.2) is 8.42 Å². The van der Waals surface area contributed by atoms with Crippen molar-refractivity contribution >= 4 is 27.3 Å². The molecule has 0 N–H and O–H groups in total. The summed E-state index contributed by atoms with van der Waals surface area (Å²) in [6.45, 7) is 2.48. The van der Waals surface area contributed by atoms with E-state index in [2.05, 4.69) is 0 Å². The van der Waals surface area contributed by atoms with Gasteiger partial charge in [0.25, 0.3) is 5.91 Å². The van der Waals surface area contributed by atoms with Crippen molar-refractivity contribution in [3.8, 4) is 0 Å². The maximum Gasteiger partial charge on any atom is 0.253 e. The molecule has 1 aliphatic heterocycles. The molecule has 0 spiro atoms. The fraction of sp³-hybridized carbons (Fsp3) is 0.348. The zero-order valence-electron chi connectivity index (χ0n) is 16.8. The molecule has 0 radical (unpaired) electrons. The highest BCUT2D eigenvalue weighted by molar-refractivity contribution is 7.92. The maximum absolute atomic E-state index is 13.1. The molecule has 2 aromatic rings.